The maximum Gasteiger partial charge on any atom is 0.325 e. The normalized spacial score (nSPS) is 16.4. The van der Waals surface area contributed by atoms with Gasteiger partial charge in [0.15, 0.2) is 0 Å². The van der Waals surface area contributed by atoms with Crippen LogP contribution in [0.2, 0.25) is 0 Å². The summed E-state index contributed by atoms with van der Waals surface area (Å²) < 4.78 is 0. The van der Waals surface area contributed by atoms with Crippen molar-refractivity contribution in [1.29, 1.82) is 0 Å². The lowest BCUT2D eigenvalue weighted by molar-refractivity contribution is -0.139. The fraction of sp³-hybridized carbons (Fsp3) is 0.562. The molecule has 1 aliphatic rings. The third kappa shape index (κ3) is 4.05. The van der Waals surface area contributed by atoms with E-state index in [0.717, 1.165) is 38.0 Å². The zero-order valence-electron chi connectivity index (χ0n) is 12.3. The van der Waals surface area contributed by atoms with Gasteiger partial charge in [0, 0.05) is 12.6 Å². The number of hydrogen-bond donors (Lipinski definition) is 2. The number of benzene rings is 1. The van der Waals surface area contributed by atoms with Crippen molar-refractivity contribution in [2.75, 3.05) is 13.1 Å². The molecule has 1 aromatic carbocycles. The third-order valence-electron chi connectivity index (χ3n) is 3.84. The van der Waals surface area contributed by atoms with Crippen molar-refractivity contribution in [3.05, 3.63) is 35.4 Å². The Morgan fingerprint density at radius 1 is 1.30 bits per heavy atom. The monoisotopic (exact) mass is 276 g/mol. The lowest BCUT2D eigenvalue weighted by Gasteiger charge is -2.19. The van der Waals surface area contributed by atoms with Crippen LogP contribution in [0, 0.1) is 0 Å². The van der Waals surface area contributed by atoms with Gasteiger partial charge in [-0.2, -0.15) is 0 Å². The van der Waals surface area contributed by atoms with Crippen LogP contribution in [0.3, 0.4) is 0 Å². The average Bonchev–Trinajstić information content (AvgIpc) is 3.27. The quantitative estimate of drug-likeness (QED) is 0.765. The van der Waals surface area contributed by atoms with Gasteiger partial charge in [-0.25, -0.2) is 0 Å². The summed E-state index contributed by atoms with van der Waals surface area (Å²) in [5.74, 6) is -0.798. The van der Waals surface area contributed by atoms with Crippen LogP contribution in [0.15, 0.2) is 24.3 Å². The summed E-state index contributed by atoms with van der Waals surface area (Å²) in [7, 11) is 0. The van der Waals surface area contributed by atoms with E-state index >= 15 is 0 Å². The molecule has 2 N–H and O–H groups in total. The predicted octanol–water partition coefficient (Wildman–Crippen LogP) is 2.41. The van der Waals surface area contributed by atoms with Crippen LogP contribution in [-0.2, 0) is 11.3 Å². The largest absolute Gasteiger partial charge is 0.480 e. The Bertz CT molecular complexity index is 436. The van der Waals surface area contributed by atoms with E-state index in [1.165, 1.54) is 5.56 Å². The van der Waals surface area contributed by atoms with E-state index in [9.17, 15) is 9.90 Å². The van der Waals surface area contributed by atoms with Gasteiger partial charge in [-0.1, -0.05) is 38.1 Å². The zero-order chi connectivity index (χ0) is 14.5. The Balaban J connectivity index is 2.03. The van der Waals surface area contributed by atoms with E-state index in [2.05, 4.69) is 24.1 Å². The number of rotatable bonds is 8. The third-order valence-corrected chi connectivity index (χ3v) is 3.84. The summed E-state index contributed by atoms with van der Waals surface area (Å²) >= 11 is 0. The number of aliphatic carboxylic acids is 1. The summed E-state index contributed by atoms with van der Waals surface area (Å²) in [6, 6.07) is 7.76. The van der Waals surface area contributed by atoms with Gasteiger partial charge in [-0.05, 0) is 37.1 Å². The van der Waals surface area contributed by atoms with E-state index in [4.69, 9.17) is 0 Å². The molecule has 0 saturated heterocycles. The van der Waals surface area contributed by atoms with Crippen molar-refractivity contribution < 1.29 is 9.90 Å². The molecular weight excluding hydrogens is 252 g/mol. The number of nitrogens with one attached hydrogen (secondary N) is 1. The molecule has 0 spiro atoms. The van der Waals surface area contributed by atoms with Crippen molar-refractivity contribution in [1.82, 2.24) is 10.2 Å². The van der Waals surface area contributed by atoms with E-state index < -0.39 is 12.0 Å². The molecule has 1 aromatic rings. The summed E-state index contributed by atoms with van der Waals surface area (Å²) in [6.07, 6.45) is 2.17. The van der Waals surface area contributed by atoms with E-state index in [1.807, 2.05) is 24.3 Å². The molecule has 0 aromatic heterocycles. The number of hydrogen-bond acceptors (Lipinski definition) is 3. The summed E-state index contributed by atoms with van der Waals surface area (Å²) in [5.41, 5.74) is 2.07. The van der Waals surface area contributed by atoms with Crippen LogP contribution in [0.4, 0.5) is 0 Å². The molecule has 4 heteroatoms. The highest BCUT2D eigenvalue weighted by atomic mass is 16.4. The molecule has 20 heavy (non-hydrogen) atoms. The Kier molecular flexibility index (Phi) is 5.15. The van der Waals surface area contributed by atoms with Gasteiger partial charge in [-0.3, -0.25) is 15.0 Å². The second-order valence-electron chi connectivity index (χ2n) is 5.42. The standard InChI is InChI=1S/C16H24N2O2/c1-3-18(4-2)11-12-5-7-13(8-6-12)15(16(19)20)17-14-9-10-14/h5-8,14-15,17H,3-4,9-11H2,1-2H3,(H,19,20). The molecule has 0 amide bonds. The molecule has 0 aliphatic heterocycles. The molecule has 4 nitrogen and oxygen atoms in total. The van der Waals surface area contributed by atoms with E-state index in [-0.39, 0.29) is 0 Å². The number of nitrogens with zero attached hydrogens (tertiary/aromatic N) is 1. The van der Waals surface area contributed by atoms with Crippen LogP contribution >= 0.6 is 0 Å². The molecule has 0 bridgehead atoms. The van der Waals surface area contributed by atoms with Gasteiger partial charge in [0.25, 0.3) is 0 Å². The molecule has 1 unspecified atom stereocenters. The summed E-state index contributed by atoms with van der Waals surface area (Å²) in [6.45, 7) is 7.27. The molecule has 1 aliphatic carbocycles. The fourth-order valence-electron chi connectivity index (χ4n) is 2.32. The minimum absolute atomic E-state index is 0.381. The molecular formula is C16H24N2O2. The Hall–Kier alpha value is -1.39. The maximum atomic E-state index is 11.3. The second-order valence-corrected chi connectivity index (χ2v) is 5.42. The average molecular weight is 276 g/mol. The molecule has 1 atom stereocenters. The molecule has 0 radical (unpaired) electrons. The van der Waals surface area contributed by atoms with Crippen LogP contribution in [0.5, 0.6) is 0 Å². The highest BCUT2D eigenvalue weighted by Crippen LogP contribution is 2.24. The SMILES string of the molecule is CCN(CC)Cc1ccc(C(NC2CC2)C(=O)O)cc1. The lowest BCUT2D eigenvalue weighted by atomic mass is 10.0. The van der Waals surface area contributed by atoms with Crippen molar-refractivity contribution in [3.63, 3.8) is 0 Å². The second kappa shape index (κ2) is 6.86. The molecule has 1 saturated carbocycles. The Labute approximate surface area is 120 Å². The maximum absolute atomic E-state index is 11.3. The van der Waals surface area contributed by atoms with Crippen LogP contribution in [-0.4, -0.2) is 35.1 Å². The van der Waals surface area contributed by atoms with Gasteiger partial charge >= 0.3 is 5.97 Å². The number of carboxylic acids is 1. The van der Waals surface area contributed by atoms with E-state index in [0.29, 0.717) is 6.04 Å². The molecule has 2 rings (SSSR count). The van der Waals surface area contributed by atoms with Crippen molar-refractivity contribution >= 4 is 5.97 Å². The van der Waals surface area contributed by atoms with Gasteiger partial charge in [-0.15, -0.1) is 0 Å². The lowest BCUT2D eigenvalue weighted by Crippen LogP contribution is -2.30. The van der Waals surface area contributed by atoms with Crippen LogP contribution in [0.1, 0.15) is 43.9 Å². The van der Waals surface area contributed by atoms with Gasteiger partial charge in [0.1, 0.15) is 6.04 Å². The minimum Gasteiger partial charge on any atom is -0.480 e. The van der Waals surface area contributed by atoms with E-state index in [1.54, 1.807) is 0 Å². The predicted molar refractivity (Wildman–Crippen MR) is 79.6 cm³/mol. The van der Waals surface area contributed by atoms with Gasteiger partial charge < -0.3 is 5.11 Å². The zero-order valence-corrected chi connectivity index (χ0v) is 12.3. The van der Waals surface area contributed by atoms with Crippen LogP contribution < -0.4 is 5.32 Å². The topological polar surface area (TPSA) is 52.6 Å². The molecule has 0 heterocycles. The summed E-state index contributed by atoms with van der Waals surface area (Å²) in [5, 5.41) is 12.5. The number of carboxylic acid groups (broad SMARTS) is 1. The fourth-order valence-corrected chi connectivity index (χ4v) is 2.32. The first-order valence-corrected chi connectivity index (χ1v) is 7.44. The Morgan fingerprint density at radius 2 is 1.90 bits per heavy atom. The smallest absolute Gasteiger partial charge is 0.325 e. The van der Waals surface area contributed by atoms with Gasteiger partial charge in [0.2, 0.25) is 0 Å². The first-order chi connectivity index (χ1) is 9.63. The van der Waals surface area contributed by atoms with Crippen LogP contribution in [0.25, 0.3) is 0 Å². The van der Waals surface area contributed by atoms with Crippen molar-refractivity contribution in [2.45, 2.75) is 45.3 Å². The molecule has 1 fully saturated rings. The summed E-state index contributed by atoms with van der Waals surface area (Å²) in [4.78, 5) is 13.7. The molecule has 110 valence electrons. The highest BCUT2D eigenvalue weighted by Gasteiger charge is 2.29. The first-order valence-electron chi connectivity index (χ1n) is 7.44. The first kappa shape index (κ1) is 15.0. The van der Waals surface area contributed by atoms with Crippen molar-refractivity contribution in [2.24, 2.45) is 0 Å². The van der Waals surface area contributed by atoms with Crippen molar-refractivity contribution in [3.8, 4) is 0 Å². The van der Waals surface area contributed by atoms with Gasteiger partial charge in [0.05, 0.1) is 0 Å². The minimum atomic E-state index is -0.798. The Morgan fingerprint density at radius 3 is 2.35 bits per heavy atom. The highest BCUT2D eigenvalue weighted by molar-refractivity contribution is 5.75. The number of carbonyl (C=O) groups is 1.